The van der Waals surface area contributed by atoms with Gasteiger partial charge in [0.05, 0.1) is 24.9 Å². The highest BCUT2D eigenvalue weighted by Crippen LogP contribution is 2.35. The lowest BCUT2D eigenvalue weighted by atomic mass is 10.0. The first kappa shape index (κ1) is 19.9. The Hall–Kier alpha value is -3.38. The van der Waals surface area contributed by atoms with Gasteiger partial charge in [-0.1, -0.05) is 17.7 Å². The van der Waals surface area contributed by atoms with Crippen molar-refractivity contribution >= 4 is 28.5 Å². The monoisotopic (exact) mass is 424 g/mol. The number of aromatic amines is 1. The average molecular weight is 425 g/mol. The molecule has 0 saturated carbocycles. The number of carbonyl (C=O) groups is 1. The van der Waals surface area contributed by atoms with Crippen molar-refractivity contribution in [2.24, 2.45) is 0 Å². The van der Waals surface area contributed by atoms with Crippen LogP contribution in [0.25, 0.3) is 22.2 Å². The maximum atomic E-state index is 13.7. The number of H-pyrrole nitrogens is 1. The molecule has 2 aromatic heterocycles. The topological polar surface area (TPSA) is 64.2 Å². The predicted octanol–water partition coefficient (Wildman–Crippen LogP) is 5.41. The normalized spacial score (nSPS) is 10.9. The van der Waals surface area contributed by atoms with Gasteiger partial charge in [0.15, 0.2) is 0 Å². The second-order valence-electron chi connectivity index (χ2n) is 6.70. The second-order valence-corrected chi connectivity index (χ2v) is 7.11. The fraction of sp³-hybridized carbons (Fsp3) is 0.130. The van der Waals surface area contributed by atoms with Gasteiger partial charge in [0.25, 0.3) is 0 Å². The molecular weight excluding hydrogens is 407 g/mol. The van der Waals surface area contributed by atoms with Gasteiger partial charge in [-0.3, -0.25) is 0 Å². The fourth-order valence-electron chi connectivity index (χ4n) is 3.42. The predicted molar refractivity (Wildman–Crippen MR) is 114 cm³/mol. The fourth-order valence-corrected chi connectivity index (χ4v) is 3.60. The number of nitrogens with zero attached hydrogens (tertiary/aromatic N) is 1. The van der Waals surface area contributed by atoms with E-state index in [0.29, 0.717) is 17.9 Å². The Morgan fingerprint density at radius 1 is 1.13 bits per heavy atom. The van der Waals surface area contributed by atoms with E-state index in [-0.39, 0.29) is 10.7 Å². The van der Waals surface area contributed by atoms with E-state index in [2.05, 4.69) is 9.97 Å². The molecule has 0 saturated heterocycles. The number of methoxy groups -OCH3 is 2. The molecule has 5 nitrogen and oxygen atoms in total. The Balaban J connectivity index is 1.86. The van der Waals surface area contributed by atoms with Crippen molar-refractivity contribution in [1.82, 2.24) is 9.97 Å². The molecule has 0 fully saturated rings. The number of carbonyl (C=O) groups excluding carboxylic acids is 1. The number of aromatic nitrogens is 2. The third-order valence-corrected chi connectivity index (χ3v) is 5.17. The van der Waals surface area contributed by atoms with Crippen molar-refractivity contribution < 1.29 is 18.7 Å². The largest absolute Gasteiger partial charge is 0.497 e. The van der Waals surface area contributed by atoms with E-state index in [9.17, 15) is 9.18 Å². The number of nitrogens with one attached hydrogen (secondary N) is 1. The summed E-state index contributed by atoms with van der Waals surface area (Å²) in [6.07, 6.45) is 0.446. The zero-order valence-corrected chi connectivity index (χ0v) is 17.1. The summed E-state index contributed by atoms with van der Waals surface area (Å²) in [5.74, 6) is -0.261. The van der Waals surface area contributed by atoms with Crippen LogP contribution in [0.1, 0.15) is 21.7 Å². The summed E-state index contributed by atoms with van der Waals surface area (Å²) in [6, 6.07) is 15.5. The Bertz CT molecular complexity index is 1250. The van der Waals surface area contributed by atoms with Gasteiger partial charge in [0, 0.05) is 29.1 Å². The molecule has 0 aliphatic heterocycles. The minimum Gasteiger partial charge on any atom is -0.497 e. The first-order valence-electron chi connectivity index (χ1n) is 9.18. The highest BCUT2D eigenvalue weighted by Gasteiger charge is 2.17. The summed E-state index contributed by atoms with van der Waals surface area (Å²) in [5, 5.41) is 1.01. The number of esters is 1. The highest BCUT2D eigenvalue weighted by atomic mass is 35.5. The molecule has 152 valence electrons. The number of rotatable bonds is 5. The molecule has 0 aliphatic carbocycles. The zero-order chi connectivity index (χ0) is 21.3. The van der Waals surface area contributed by atoms with Crippen molar-refractivity contribution in [3.05, 3.63) is 82.4 Å². The molecule has 0 atom stereocenters. The van der Waals surface area contributed by atoms with Crippen LogP contribution in [0.2, 0.25) is 5.02 Å². The number of halogens is 2. The smallest absolute Gasteiger partial charge is 0.356 e. The van der Waals surface area contributed by atoms with Gasteiger partial charge in [-0.25, -0.2) is 14.2 Å². The minimum atomic E-state index is -0.494. The van der Waals surface area contributed by atoms with Crippen LogP contribution in [-0.4, -0.2) is 30.2 Å². The number of hydrogen-bond donors (Lipinski definition) is 1. The third-order valence-electron chi connectivity index (χ3n) is 4.88. The molecule has 0 radical (unpaired) electrons. The molecule has 7 heteroatoms. The molecule has 4 aromatic rings. The molecule has 0 aliphatic rings. The summed E-state index contributed by atoms with van der Waals surface area (Å²) >= 11 is 6.02. The number of hydrogen-bond acceptors (Lipinski definition) is 4. The molecule has 0 bridgehead atoms. The van der Waals surface area contributed by atoms with E-state index >= 15 is 0 Å². The van der Waals surface area contributed by atoms with Gasteiger partial charge in [0.1, 0.15) is 17.3 Å². The van der Waals surface area contributed by atoms with Crippen LogP contribution in [-0.2, 0) is 11.2 Å². The van der Waals surface area contributed by atoms with Crippen molar-refractivity contribution in [2.75, 3.05) is 14.2 Å². The van der Waals surface area contributed by atoms with Crippen LogP contribution in [0.3, 0.4) is 0 Å². The lowest BCUT2D eigenvalue weighted by Gasteiger charge is -2.08. The standard InChI is InChI=1S/C23H18ClFN2O3/c1-29-15-7-8-16-17(11-14-4-3-5-20(26-14)23(28)30-2)22(27-21(16)12-15)13-6-9-19(25)18(24)10-13/h3-10,12,27H,11H2,1-2H3. The van der Waals surface area contributed by atoms with Crippen LogP contribution in [0.15, 0.2) is 54.6 Å². The van der Waals surface area contributed by atoms with Gasteiger partial charge in [-0.15, -0.1) is 0 Å². The summed E-state index contributed by atoms with van der Waals surface area (Å²) in [6.45, 7) is 0. The lowest BCUT2D eigenvalue weighted by Crippen LogP contribution is -2.06. The first-order chi connectivity index (χ1) is 14.5. The number of benzene rings is 2. The van der Waals surface area contributed by atoms with Crippen molar-refractivity contribution in [3.63, 3.8) is 0 Å². The van der Waals surface area contributed by atoms with Gasteiger partial charge >= 0.3 is 5.97 Å². The Morgan fingerprint density at radius 2 is 1.97 bits per heavy atom. The summed E-state index contributed by atoms with van der Waals surface area (Å²) in [7, 11) is 2.92. The Kier molecular flexibility index (Phi) is 5.42. The van der Waals surface area contributed by atoms with Crippen LogP contribution in [0, 0.1) is 5.82 Å². The number of fused-ring (bicyclic) bond motifs is 1. The molecule has 1 N–H and O–H groups in total. The zero-order valence-electron chi connectivity index (χ0n) is 16.3. The van der Waals surface area contributed by atoms with Gasteiger partial charge in [0.2, 0.25) is 0 Å². The summed E-state index contributed by atoms with van der Waals surface area (Å²) in [5.41, 5.74) is 4.29. The third kappa shape index (κ3) is 3.74. The molecular formula is C23H18ClFN2O3. The second kappa shape index (κ2) is 8.16. The van der Waals surface area contributed by atoms with E-state index in [4.69, 9.17) is 21.1 Å². The summed E-state index contributed by atoms with van der Waals surface area (Å²) in [4.78, 5) is 19.7. The molecule has 0 unspecified atom stereocenters. The first-order valence-corrected chi connectivity index (χ1v) is 9.56. The van der Waals surface area contributed by atoms with Gasteiger partial charge < -0.3 is 14.5 Å². The van der Waals surface area contributed by atoms with Gasteiger partial charge in [-0.05, 0) is 53.6 Å². The number of pyridine rings is 1. The minimum absolute atomic E-state index is 0.0421. The SMILES string of the molecule is COC(=O)c1cccc(Cc2c(-c3ccc(F)c(Cl)c3)[nH]c3cc(OC)ccc23)n1. The van der Waals surface area contributed by atoms with Gasteiger partial charge in [-0.2, -0.15) is 0 Å². The van der Waals surface area contributed by atoms with Crippen LogP contribution in [0.5, 0.6) is 5.75 Å². The molecule has 30 heavy (non-hydrogen) atoms. The highest BCUT2D eigenvalue weighted by molar-refractivity contribution is 6.31. The molecule has 0 spiro atoms. The summed E-state index contributed by atoms with van der Waals surface area (Å²) < 4.78 is 23.8. The van der Waals surface area contributed by atoms with E-state index in [1.54, 1.807) is 31.4 Å². The molecule has 0 amide bonds. The Morgan fingerprint density at radius 3 is 2.70 bits per heavy atom. The number of ether oxygens (including phenoxy) is 2. The van der Waals surface area contributed by atoms with E-state index in [1.807, 2.05) is 24.3 Å². The van der Waals surface area contributed by atoms with Crippen LogP contribution < -0.4 is 4.74 Å². The molecule has 4 rings (SSSR count). The van der Waals surface area contributed by atoms with Crippen LogP contribution >= 0.6 is 11.6 Å². The maximum Gasteiger partial charge on any atom is 0.356 e. The van der Waals surface area contributed by atoms with Crippen molar-refractivity contribution in [3.8, 4) is 17.0 Å². The van der Waals surface area contributed by atoms with E-state index in [0.717, 1.165) is 27.7 Å². The van der Waals surface area contributed by atoms with E-state index < -0.39 is 11.8 Å². The van der Waals surface area contributed by atoms with Crippen molar-refractivity contribution in [2.45, 2.75) is 6.42 Å². The average Bonchev–Trinajstić information content (AvgIpc) is 3.12. The molecule has 2 aromatic carbocycles. The van der Waals surface area contributed by atoms with E-state index in [1.165, 1.54) is 13.2 Å². The van der Waals surface area contributed by atoms with Crippen LogP contribution in [0.4, 0.5) is 4.39 Å². The molecule has 2 heterocycles. The Labute approximate surface area is 177 Å². The quantitative estimate of drug-likeness (QED) is 0.435. The lowest BCUT2D eigenvalue weighted by molar-refractivity contribution is 0.0593. The maximum absolute atomic E-state index is 13.7. The van der Waals surface area contributed by atoms with Crippen molar-refractivity contribution in [1.29, 1.82) is 0 Å².